The maximum atomic E-state index is 12.7. The summed E-state index contributed by atoms with van der Waals surface area (Å²) in [5.74, 6) is 0.725. The predicted octanol–water partition coefficient (Wildman–Crippen LogP) is 4.14. The number of methoxy groups -OCH3 is 1. The number of fused-ring (bicyclic) bond motifs is 1. The van der Waals surface area contributed by atoms with Crippen LogP contribution in [0, 0.1) is 6.92 Å². The molecule has 1 saturated heterocycles. The first-order valence-corrected chi connectivity index (χ1v) is 12.7. The van der Waals surface area contributed by atoms with Crippen LogP contribution in [0.3, 0.4) is 0 Å². The van der Waals surface area contributed by atoms with Gasteiger partial charge in [0.2, 0.25) is 4.96 Å². The van der Waals surface area contributed by atoms with Gasteiger partial charge < -0.3 is 15.0 Å². The van der Waals surface area contributed by atoms with E-state index in [1.54, 1.807) is 18.1 Å². The van der Waals surface area contributed by atoms with Gasteiger partial charge in [0, 0.05) is 55.1 Å². The van der Waals surface area contributed by atoms with Crippen molar-refractivity contribution < 1.29 is 9.53 Å². The fourth-order valence-corrected chi connectivity index (χ4v) is 5.18. The summed E-state index contributed by atoms with van der Waals surface area (Å²) in [6.07, 6.45) is 0. The SMILES string of the molecule is COc1cccc(-c2nn3c(=O)cc(CN4CCN(C(=O)Nc5cccc(Cl)c5C)CC4)nc3s2)c1. The van der Waals surface area contributed by atoms with Gasteiger partial charge in [0.1, 0.15) is 10.8 Å². The molecule has 2 aromatic heterocycles. The van der Waals surface area contributed by atoms with Crippen LogP contribution < -0.4 is 15.6 Å². The summed E-state index contributed by atoms with van der Waals surface area (Å²) in [5.41, 5.74) is 2.90. The van der Waals surface area contributed by atoms with Crippen molar-refractivity contribution >= 4 is 39.6 Å². The Morgan fingerprint density at radius 1 is 1.14 bits per heavy atom. The molecule has 1 aliphatic heterocycles. The lowest BCUT2D eigenvalue weighted by molar-refractivity contribution is 0.142. The van der Waals surface area contributed by atoms with E-state index in [2.05, 4.69) is 20.3 Å². The second-order valence-corrected chi connectivity index (χ2v) is 9.89. The normalized spacial score (nSPS) is 14.2. The van der Waals surface area contributed by atoms with Gasteiger partial charge in [0.15, 0.2) is 0 Å². The predicted molar refractivity (Wildman–Crippen MR) is 141 cm³/mol. The van der Waals surface area contributed by atoms with E-state index >= 15 is 0 Å². The van der Waals surface area contributed by atoms with Gasteiger partial charge in [-0.3, -0.25) is 9.69 Å². The first kappa shape index (κ1) is 24.2. The smallest absolute Gasteiger partial charge is 0.321 e. The number of urea groups is 1. The highest BCUT2D eigenvalue weighted by Gasteiger charge is 2.22. The molecule has 0 bridgehead atoms. The van der Waals surface area contributed by atoms with E-state index in [1.165, 1.54) is 21.9 Å². The summed E-state index contributed by atoms with van der Waals surface area (Å²) in [4.78, 5) is 34.7. The lowest BCUT2D eigenvalue weighted by Gasteiger charge is -2.34. The molecule has 1 N–H and O–H groups in total. The second-order valence-electron chi connectivity index (χ2n) is 8.53. The molecule has 0 unspecified atom stereocenters. The molecule has 0 saturated carbocycles. The molecule has 36 heavy (non-hydrogen) atoms. The van der Waals surface area contributed by atoms with Crippen molar-refractivity contribution in [3.8, 4) is 16.3 Å². The van der Waals surface area contributed by atoms with Gasteiger partial charge in [-0.1, -0.05) is 41.1 Å². The Labute approximate surface area is 216 Å². The molecule has 0 spiro atoms. The summed E-state index contributed by atoms with van der Waals surface area (Å²) in [6, 6.07) is 14.4. The Morgan fingerprint density at radius 2 is 1.92 bits per heavy atom. The van der Waals surface area contributed by atoms with Gasteiger partial charge in [0.25, 0.3) is 5.56 Å². The number of amides is 2. The van der Waals surface area contributed by atoms with Gasteiger partial charge >= 0.3 is 6.03 Å². The Morgan fingerprint density at radius 3 is 2.69 bits per heavy atom. The molecule has 2 aromatic carbocycles. The molecule has 0 radical (unpaired) electrons. The van der Waals surface area contributed by atoms with E-state index in [1.807, 2.05) is 43.3 Å². The number of benzene rings is 2. The zero-order chi connectivity index (χ0) is 25.2. The molecule has 9 nitrogen and oxygen atoms in total. The van der Waals surface area contributed by atoms with Crippen LogP contribution in [0.25, 0.3) is 15.5 Å². The number of nitrogens with zero attached hydrogens (tertiary/aromatic N) is 5. The minimum absolute atomic E-state index is 0.146. The highest BCUT2D eigenvalue weighted by atomic mass is 35.5. The average molecular weight is 525 g/mol. The highest BCUT2D eigenvalue weighted by molar-refractivity contribution is 7.19. The maximum Gasteiger partial charge on any atom is 0.321 e. The van der Waals surface area contributed by atoms with Crippen LogP contribution in [0.1, 0.15) is 11.3 Å². The monoisotopic (exact) mass is 524 g/mol. The fourth-order valence-electron chi connectivity index (χ4n) is 4.09. The van der Waals surface area contributed by atoms with Gasteiger partial charge in [-0.25, -0.2) is 9.78 Å². The lowest BCUT2D eigenvalue weighted by Crippen LogP contribution is -2.49. The van der Waals surface area contributed by atoms with Crippen molar-refractivity contribution in [2.45, 2.75) is 13.5 Å². The van der Waals surface area contributed by atoms with E-state index in [0.29, 0.717) is 59.1 Å². The van der Waals surface area contributed by atoms with Crippen molar-refractivity contribution in [1.82, 2.24) is 24.4 Å². The summed E-state index contributed by atoms with van der Waals surface area (Å²) >= 11 is 7.53. The number of aromatic nitrogens is 3. The van der Waals surface area contributed by atoms with Gasteiger partial charge in [-0.2, -0.15) is 9.61 Å². The Hall–Kier alpha value is -3.47. The number of rotatable bonds is 5. The summed E-state index contributed by atoms with van der Waals surface area (Å²) < 4.78 is 6.63. The number of piperazine rings is 1. The molecule has 4 aromatic rings. The Kier molecular flexibility index (Phi) is 6.90. The van der Waals surface area contributed by atoms with Crippen molar-refractivity contribution in [2.75, 3.05) is 38.6 Å². The number of nitrogens with one attached hydrogen (secondary N) is 1. The average Bonchev–Trinajstić information content (AvgIpc) is 3.32. The number of hydrogen-bond acceptors (Lipinski definition) is 7. The number of carbonyl (C=O) groups excluding carboxylic acids is 1. The molecule has 2 amide bonds. The van der Waals surface area contributed by atoms with Crippen LogP contribution in [0.5, 0.6) is 5.75 Å². The highest BCUT2D eigenvalue weighted by Crippen LogP contribution is 2.27. The summed E-state index contributed by atoms with van der Waals surface area (Å²) in [5, 5.41) is 8.72. The van der Waals surface area contributed by atoms with E-state index in [9.17, 15) is 9.59 Å². The third-order valence-electron chi connectivity index (χ3n) is 6.17. The number of carbonyl (C=O) groups is 1. The number of anilines is 1. The number of hydrogen-bond donors (Lipinski definition) is 1. The van der Waals surface area contributed by atoms with Crippen LogP contribution in [0.2, 0.25) is 5.02 Å². The van der Waals surface area contributed by atoms with E-state index < -0.39 is 0 Å². The third-order valence-corrected chi connectivity index (χ3v) is 7.54. The first-order valence-electron chi connectivity index (χ1n) is 11.5. The molecule has 1 fully saturated rings. The van der Waals surface area contributed by atoms with Crippen LogP contribution in [-0.2, 0) is 6.54 Å². The van der Waals surface area contributed by atoms with E-state index in [4.69, 9.17) is 16.3 Å². The lowest BCUT2D eigenvalue weighted by atomic mass is 10.2. The molecule has 1 aliphatic rings. The zero-order valence-corrected chi connectivity index (χ0v) is 21.5. The van der Waals surface area contributed by atoms with Crippen LogP contribution >= 0.6 is 22.9 Å². The molecule has 5 rings (SSSR count). The number of halogens is 1. The molecular weight excluding hydrogens is 500 g/mol. The molecule has 3 heterocycles. The fraction of sp³-hybridized carbons (Fsp3) is 0.280. The summed E-state index contributed by atoms with van der Waals surface area (Å²) in [7, 11) is 1.61. The topological polar surface area (TPSA) is 92.1 Å². The van der Waals surface area contributed by atoms with Gasteiger partial charge in [-0.15, -0.1) is 0 Å². The molecule has 0 aliphatic carbocycles. The number of ether oxygens (including phenoxy) is 1. The largest absolute Gasteiger partial charge is 0.497 e. The van der Waals surface area contributed by atoms with Crippen molar-refractivity contribution in [2.24, 2.45) is 0 Å². The summed E-state index contributed by atoms with van der Waals surface area (Å²) in [6.45, 7) is 4.92. The van der Waals surface area contributed by atoms with Crippen LogP contribution in [-0.4, -0.2) is 63.7 Å². The minimum atomic E-state index is -0.213. The van der Waals surface area contributed by atoms with Crippen LogP contribution in [0.15, 0.2) is 53.3 Å². The van der Waals surface area contributed by atoms with E-state index in [0.717, 1.165) is 16.9 Å². The molecule has 186 valence electrons. The Bertz CT molecular complexity index is 1480. The van der Waals surface area contributed by atoms with Gasteiger partial charge in [0.05, 0.1) is 12.8 Å². The minimum Gasteiger partial charge on any atom is -0.497 e. The maximum absolute atomic E-state index is 12.7. The molecular formula is C25H25ClN6O3S. The van der Waals surface area contributed by atoms with Crippen molar-refractivity contribution in [3.63, 3.8) is 0 Å². The van der Waals surface area contributed by atoms with Gasteiger partial charge in [-0.05, 0) is 36.8 Å². The third kappa shape index (κ3) is 5.06. The van der Waals surface area contributed by atoms with Crippen molar-refractivity contribution in [3.05, 3.63) is 75.2 Å². The zero-order valence-electron chi connectivity index (χ0n) is 19.9. The standard InChI is InChI=1S/C25H25ClN6O3S/c1-16-20(26)7-4-8-21(16)28-24(34)31-11-9-30(10-12-31)15-18-14-22(33)32-25(27-18)36-23(29-32)17-5-3-6-19(13-17)35-2/h3-8,13-14H,9-12,15H2,1-2H3,(H,28,34). The van der Waals surface area contributed by atoms with Crippen LogP contribution in [0.4, 0.5) is 10.5 Å². The quantitative estimate of drug-likeness (QED) is 0.422. The second kappa shape index (κ2) is 10.3. The van der Waals surface area contributed by atoms with E-state index in [-0.39, 0.29) is 11.6 Å². The first-order chi connectivity index (χ1) is 17.4. The van der Waals surface area contributed by atoms with Crippen molar-refractivity contribution in [1.29, 1.82) is 0 Å². The molecule has 0 atom stereocenters. The Balaban J connectivity index is 1.24. The molecule has 11 heteroatoms.